The minimum atomic E-state index is -0.0926. The second kappa shape index (κ2) is 9.83. The Hall–Kier alpha value is 0.582. The molecule has 1 unspecified atom stereocenters. The zero-order valence-electron chi connectivity index (χ0n) is 20.2. The SMILES string of the molecule is CC(CO)CCC[C@@H](C)[C@H]1CC[C@H]2[C@@H]3CC=C4C[C@@H](O)CC[C@]4(C)[C@H]3CC[C@]12C.[PbH2]. The second-order valence-corrected chi connectivity index (χ2v) is 12.1. The molecule has 0 aliphatic heterocycles. The number of hydrogen-bond acceptors (Lipinski definition) is 2. The van der Waals surface area contributed by atoms with Gasteiger partial charge in [0, 0.05) is 6.61 Å². The second-order valence-electron chi connectivity index (χ2n) is 12.1. The molecule has 0 saturated heterocycles. The van der Waals surface area contributed by atoms with Gasteiger partial charge < -0.3 is 10.2 Å². The first-order chi connectivity index (χ1) is 13.8. The Morgan fingerprint density at radius 1 is 1.03 bits per heavy atom. The normalized spacial score (nSPS) is 44.7. The van der Waals surface area contributed by atoms with Gasteiger partial charge in [-0.2, -0.15) is 0 Å². The van der Waals surface area contributed by atoms with Gasteiger partial charge in [-0.1, -0.05) is 52.2 Å². The van der Waals surface area contributed by atoms with E-state index in [1.165, 1.54) is 57.8 Å². The van der Waals surface area contributed by atoms with Crippen molar-refractivity contribution in [3.63, 3.8) is 0 Å². The van der Waals surface area contributed by atoms with Crippen molar-refractivity contribution in [3.8, 4) is 0 Å². The Morgan fingerprint density at radius 3 is 2.53 bits per heavy atom. The number of aliphatic hydroxyl groups excluding tert-OH is 2. The summed E-state index contributed by atoms with van der Waals surface area (Å²) >= 11 is 0. The molecule has 9 atom stereocenters. The van der Waals surface area contributed by atoms with Crippen molar-refractivity contribution in [1.29, 1.82) is 0 Å². The van der Waals surface area contributed by atoms with Gasteiger partial charge in [-0.3, -0.25) is 0 Å². The summed E-state index contributed by atoms with van der Waals surface area (Å²) in [5, 5.41) is 19.5. The van der Waals surface area contributed by atoms with E-state index in [4.69, 9.17) is 0 Å². The molecule has 4 rings (SSSR count). The average Bonchev–Trinajstić information content (AvgIpc) is 3.05. The molecule has 0 aromatic rings. The summed E-state index contributed by atoms with van der Waals surface area (Å²) in [6.07, 6.45) is 16.4. The van der Waals surface area contributed by atoms with Crippen LogP contribution in [0.1, 0.15) is 98.3 Å². The third-order valence-corrected chi connectivity index (χ3v) is 10.5. The molecule has 0 heterocycles. The quantitative estimate of drug-likeness (QED) is 0.310. The van der Waals surface area contributed by atoms with Crippen molar-refractivity contribution in [2.24, 2.45) is 46.3 Å². The van der Waals surface area contributed by atoms with Crippen LogP contribution in [0.25, 0.3) is 0 Å². The van der Waals surface area contributed by atoms with Crippen molar-refractivity contribution in [1.82, 2.24) is 0 Å². The molecule has 2 radical (unpaired) electrons. The summed E-state index contributed by atoms with van der Waals surface area (Å²) in [5.74, 6) is 4.82. The van der Waals surface area contributed by atoms with E-state index in [0.29, 0.717) is 23.4 Å². The summed E-state index contributed by atoms with van der Waals surface area (Å²) < 4.78 is 0. The van der Waals surface area contributed by atoms with E-state index >= 15 is 0 Å². The Balaban J connectivity index is 0.00000256. The van der Waals surface area contributed by atoms with Crippen LogP contribution < -0.4 is 0 Å². The predicted molar refractivity (Wildman–Crippen MR) is 129 cm³/mol. The van der Waals surface area contributed by atoms with Gasteiger partial charge in [0.25, 0.3) is 0 Å². The molecular weight excluding hydrogens is 563 g/mol. The maximum absolute atomic E-state index is 10.2. The third kappa shape index (κ3) is 4.36. The van der Waals surface area contributed by atoms with Crippen molar-refractivity contribution in [2.45, 2.75) is 104 Å². The van der Waals surface area contributed by atoms with Gasteiger partial charge in [0.15, 0.2) is 0 Å². The average molecular weight is 612 g/mol. The molecule has 0 amide bonds. The first kappa shape index (κ1) is 25.2. The van der Waals surface area contributed by atoms with Crippen LogP contribution in [-0.4, -0.2) is 50.2 Å². The van der Waals surface area contributed by atoms with Gasteiger partial charge in [0.05, 0.1) is 6.10 Å². The fourth-order valence-electron chi connectivity index (χ4n) is 8.70. The Labute approximate surface area is 205 Å². The molecule has 3 saturated carbocycles. The van der Waals surface area contributed by atoms with Gasteiger partial charge in [-0.25, -0.2) is 0 Å². The molecule has 172 valence electrons. The molecule has 4 aliphatic carbocycles. The summed E-state index contributed by atoms with van der Waals surface area (Å²) in [6, 6.07) is 0. The molecule has 0 bridgehead atoms. The van der Waals surface area contributed by atoms with Gasteiger partial charge in [0.2, 0.25) is 0 Å². The summed E-state index contributed by atoms with van der Waals surface area (Å²) in [4.78, 5) is 0. The molecule has 30 heavy (non-hydrogen) atoms. The van der Waals surface area contributed by atoms with E-state index in [-0.39, 0.29) is 33.4 Å². The van der Waals surface area contributed by atoms with E-state index in [1.807, 2.05) is 0 Å². The van der Waals surface area contributed by atoms with E-state index in [0.717, 1.165) is 42.4 Å². The molecular formula is C27H48O2Pb. The topological polar surface area (TPSA) is 40.5 Å². The predicted octanol–water partition coefficient (Wildman–Crippen LogP) is 5.44. The number of hydrogen-bond donors (Lipinski definition) is 2. The Kier molecular flexibility index (Phi) is 8.26. The molecule has 3 heteroatoms. The Bertz CT molecular complexity index is 618. The van der Waals surface area contributed by atoms with Gasteiger partial charge in [-0.15, -0.1) is 0 Å². The molecule has 2 nitrogen and oxygen atoms in total. The summed E-state index contributed by atoms with van der Waals surface area (Å²) in [5.41, 5.74) is 2.51. The molecule has 4 aliphatic rings. The zero-order chi connectivity index (χ0) is 20.8. The number of allylic oxidation sites excluding steroid dienone is 1. The maximum atomic E-state index is 10.2. The van der Waals surface area contributed by atoms with Crippen LogP contribution in [-0.2, 0) is 0 Å². The summed E-state index contributed by atoms with van der Waals surface area (Å²) in [7, 11) is 0. The molecule has 2 N–H and O–H groups in total. The van der Waals surface area contributed by atoms with Crippen LogP contribution in [0.4, 0.5) is 0 Å². The Morgan fingerprint density at radius 2 is 1.80 bits per heavy atom. The van der Waals surface area contributed by atoms with Crippen molar-refractivity contribution >= 4 is 27.3 Å². The van der Waals surface area contributed by atoms with Crippen LogP contribution in [0.3, 0.4) is 0 Å². The van der Waals surface area contributed by atoms with E-state index in [1.54, 1.807) is 5.57 Å². The third-order valence-electron chi connectivity index (χ3n) is 10.5. The zero-order valence-corrected chi connectivity index (χ0v) is 25.7. The van der Waals surface area contributed by atoms with E-state index < -0.39 is 0 Å². The van der Waals surface area contributed by atoms with Crippen molar-refractivity contribution < 1.29 is 10.2 Å². The fraction of sp³-hybridized carbons (Fsp3) is 0.926. The first-order valence-corrected chi connectivity index (χ1v) is 12.8. The van der Waals surface area contributed by atoms with Gasteiger partial charge >= 0.3 is 27.3 Å². The number of fused-ring (bicyclic) bond motifs is 5. The summed E-state index contributed by atoms with van der Waals surface area (Å²) in [6.45, 7) is 10.2. The van der Waals surface area contributed by atoms with Crippen LogP contribution in [0, 0.1) is 46.3 Å². The molecule has 0 spiro atoms. The number of aliphatic hydroxyl groups is 2. The van der Waals surface area contributed by atoms with Crippen LogP contribution in [0.5, 0.6) is 0 Å². The van der Waals surface area contributed by atoms with Crippen LogP contribution in [0.2, 0.25) is 0 Å². The molecule has 0 aromatic carbocycles. The van der Waals surface area contributed by atoms with Crippen molar-refractivity contribution in [3.05, 3.63) is 11.6 Å². The molecule has 0 aromatic heterocycles. The van der Waals surface area contributed by atoms with E-state index in [9.17, 15) is 10.2 Å². The number of rotatable bonds is 6. The first-order valence-electron chi connectivity index (χ1n) is 12.8. The van der Waals surface area contributed by atoms with Crippen LogP contribution in [0.15, 0.2) is 11.6 Å². The van der Waals surface area contributed by atoms with Crippen molar-refractivity contribution in [2.75, 3.05) is 6.61 Å². The van der Waals surface area contributed by atoms with Crippen LogP contribution >= 0.6 is 0 Å². The monoisotopic (exact) mass is 612 g/mol. The standard InChI is InChI=1S/C27H46O2.Pb.2H/c1-18(17-28)6-5-7-19(2)23-10-11-24-22-9-8-20-16-21(29)12-14-26(20,3)25(22)13-15-27(23,24)4;;;/h8,18-19,21-25,28-29H,5-7,9-17H2,1-4H3;;;/t18?,19-,21+,22+,23-,24+,25+,26+,27-;;;/m1.../s1. The fourth-order valence-corrected chi connectivity index (χ4v) is 8.70. The van der Waals surface area contributed by atoms with Gasteiger partial charge in [-0.05, 0) is 104 Å². The van der Waals surface area contributed by atoms with E-state index in [2.05, 4.69) is 33.8 Å². The molecule has 3 fully saturated rings. The van der Waals surface area contributed by atoms with Gasteiger partial charge in [0.1, 0.15) is 0 Å². The minimum absolute atomic E-state index is 0.